The van der Waals surface area contributed by atoms with Crippen molar-refractivity contribution in [3.63, 3.8) is 0 Å². The summed E-state index contributed by atoms with van der Waals surface area (Å²) < 4.78 is 4.88. The van der Waals surface area contributed by atoms with Gasteiger partial charge in [0.15, 0.2) is 0 Å². The third kappa shape index (κ3) is 3.64. The van der Waals surface area contributed by atoms with E-state index >= 15 is 0 Å². The van der Waals surface area contributed by atoms with Gasteiger partial charge in [-0.05, 0) is 5.02 Å². The van der Waals surface area contributed by atoms with E-state index in [2.05, 4.69) is 6.07 Å². The Morgan fingerprint density at radius 3 is 2.55 bits per heavy atom. The van der Waals surface area contributed by atoms with E-state index in [-0.39, 0.29) is 51.4 Å². The SMILES string of the molecule is COc1c[c-]c(Cl)cc1Cl.[K+]. The van der Waals surface area contributed by atoms with Crippen LogP contribution in [-0.4, -0.2) is 7.11 Å². The van der Waals surface area contributed by atoms with Gasteiger partial charge in [-0.3, -0.25) is 0 Å². The molecule has 11 heavy (non-hydrogen) atoms. The first-order valence-corrected chi connectivity index (χ1v) is 3.40. The van der Waals surface area contributed by atoms with Gasteiger partial charge in [0.25, 0.3) is 0 Å². The fourth-order valence-electron chi connectivity index (χ4n) is 0.584. The number of benzene rings is 1. The Labute approximate surface area is 118 Å². The van der Waals surface area contributed by atoms with Gasteiger partial charge in [-0.15, -0.1) is 35.3 Å². The Morgan fingerprint density at radius 1 is 1.45 bits per heavy atom. The van der Waals surface area contributed by atoms with Crippen LogP contribution < -0.4 is 56.1 Å². The summed E-state index contributed by atoms with van der Waals surface area (Å²) in [5.41, 5.74) is 0. The van der Waals surface area contributed by atoms with Gasteiger partial charge >= 0.3 is 51.4 Å². The van der Waals surface area contributed by atoms with E-state index in [0.29, 0.717) is 15.8 Å². The summed E-state index contributed by atoms with van der Waals surface area (Å²) in [5, 5.41) is 0.997. The Kier molecular flexibility index (Phi) is 6.46. The molecule has 0 aliphatic carbocycles. The molecule has 0 unspecified atom stereocenters. The van der Waals surface area contributed by atoms with Crippen molar-refractivity contribution >= 4 is 23.2 Å². The summed E-state index contributed by atoms with van der Waals surface area (Å²) in [7, 11) is 1.54. The molecular weight excluding hydrogens is 210 g/mol. The van der Waals surface area contributed by atoms with Gasteiger partial charge in [0, 0.05) is 5.75 Å². The maximum Gasteiger partial charge on any atom is 1.00 e. The Morgan fingerprint density at radius 2 is 2.09 bits per heavy atom. The smallest absolute Gasteiger partial charge is 0.553 e. The Balaban J connectivity index is 0.000001000. The number of methoxy groups -OCH3 is 1. The molecule has 0 aromatic heterocycles. The van der Waals surface area contributed by atoms with Crippen LogP contribution in [0.5, 0.6) is 5.75 Å². The van der Waals surface area contributed by atoms with Crippen molar-refractivity contribution in [3.8, 4) is 5.75 Å². The largest absolute Gasteiger partial charge is 1.00 e. The number of rotatable bonds is 1. The van der Waals surface area contributed by atoms with Crippen LogP contribution in [0.2, 0.25) is 10.0 Å². The second-order valence-corrected chi connectivity index (χ2v) is 2.51. The molecule has 0 saturated carbocycles. The van der Waals surface area contributed by atoms with Crippen LogP contribution in [-0.2, 0) is 0 Å². The molecule has 0 saturated heterocycles. The third-order valence-corrected chi connectivity index (χ3v) is 1.56. The van der Waals surface area contributed by atoms with Crippen molar-refractivity contribution in [1.29, 1.82) is 0 Å². The van der Waals surface area contributed by atoms with Crippen LogP contribution in [0.15, 0.2) is 12.1 Å². The fraction of sp³-hybridized carbons (Fsp3) is 0.143. The summed E-state index contributed by atoms with van der Waals surface area (Å²) >= 11 is 11.3. The van der Waals surface area contributed by atoms with Crippen molar-refractivity contribution in [2.75, 3.05) is 7.11 Å². The Bertz CT molecular complexity index is 240. The first-order valence-electron chi connectivity index (χ1n) is 2.65. The zero-order valence-corrected chi connectivity index (χ0v) is 11.0. The molecule has 0 bridgehead atoms. The second-order valence-electron chi connectivity index (χ2n) is 1.70. The molecule has 0 heterocycles. The average Bonchev–Trinajstić information content (AvgIpc) is 1.88. The molecule has 1 aromatic rings. The summed E-state index contributed by atoms with van der Waals surface area (Å²) in [5.74, 6) is 0.589. The molecule has 4 heteroatoms. The zero-order chi connectivity index (χ0) is 7.56. The quantitative estimate of drug-likeness (QED) is 0.466. The summed E-state index contributed by atoms with van der Waals surface area (Å²) in [4.78, 5) is 0. The molecule has 0 N–H and O–H groups in total. The average molecular weight is 215 g/mol. The van der Waals surface area contributed by atoms with Crippen LogP contribution in [0.4, 0.5) is 0 Å². The molecule has 0 spiro atoms. The van der Waals surface area contributed by atoms with Crippen molar-refractivity contribution in [2.45, 2.75) is 0 Å². The van der Waals surface area contributed by atoms with Gasteiger partial charge in [-0.1, -0.05) is 5.02 Å². The molecule has 1 rings (SSSR count). The maximum atomic E-state index is 5.70. The molecule has 0 amide bonds. The number of hydrogen-bond acceptors (Lipinski definition) is 1. The first-order chi connectivity index (χ1) is 4.74. The molecule has 0 aliphatic heterocycles. The fourth-order valence-corrected chi connectivity index (χ4v) is 1.04. The van der Waals surface area contributed by atoms with Crippen LogP contribution in [0.3, 0.4) is 0 Å². The predicted octanol–water partition coefficient (Wildman–Crippen LogP) is -0.194. The third-order valence-electron chi connectivity index (χ3n) is 1.05. The van der Waals surface area contributed by atoms with E-state index in [1.807, 2.05) is 0 Å². The molecule has 1 nitrogen and oxygen atoms in total. The topological polar surface area (TPSA) is 9.23 Å². The monoisotopic (exact) mass is 214 g/mol. The molecular formula is C7H5Cl2KO. The van der Waals surface area contributed by atoms with Gasteiger partial charge in [0.05, 0.1) is 7.11 Å². The molecule has 1 aromatic carbocycles. The molecule has 54 valence electrons. The van der Waals surface area contributed by atoms with Crippen molar-refractivity contribution in [2.24, 2.45) is 0 Å². The Hall–Kier alpha value is 1.24. The van der Waals surface area contributed by atoms with Crippen LogP contribution in [0, 0.1) is 6.07 Å². The first kappa shape index (κ1) is 12.2. The second kappa shape index (κ2) is 5.81. The van der Waals surface area contributed by atoms with Gasteiger partial charge in [0.2, 0.25) is 0 Å². The van der Waals surface area contributed by atoms with Crippen LogP contribution in [0.25, 0.3) is 0 Å². The summed E-state index contributed by atoms with van der Waals surface area (Å²) in [6, 6.07) is 5.93. The normalized spacial score (nSPS) is 8.64. The van der Waals surface area contributed by atoms with Gasteiger partial charge < -0.3 is 4.74 Å². The van der Waals surface area contributed by atoms with E-state index < -0.39 is 0 Å². The number of halogens is 2. The minimum atomic E-state index is 0. The predicted molar refractivity (Wildman–Crippen MR) is 41.9 cm³/mol. The molecule has 0 fully saturated rings. The zero-order valence-electron chi connectivity index (χ0n) is 6.32. The molecule has 0 aliphatic rings. The van der Waals surface area contributed by atoms with Crippen LogP contribution in [0.1, 0.15) is 0 Å². The molecule has 0 radical (unpaired) electrons. The minimum absolute atomic E-state index is 0. The number of ether oxygens (including phenoxy) is 1. The maximum absolute atomic E-state index is 5.70. The van der Waals surface area contributed by atoms with Crippen molar-refractivity contribution < 1.29 is 56.1 Å². The molecule has 0 atom stereocenters. The van der Waals surface area contributed by atoms with E-state index in [1.165, 1.54) is 0 Å². The van der Waals surface area contributed by atoms with Crippen LogP contribution >= 0.6 is 23.2 Å². The van der Waals surface area contributed by atoms with E-state index in [9.17, 15) is 0 Å². The van der Waals surface area contributed by atoms with Gasteiger partial charge in [-0.25, -0.2) is 0 Å². The van der Waals surface area contributed by atoms with Crippen molar-refractivity contribution in [1.82, 2.24) is 0 Å². The van der Waals surface area contributed by atoms with E-state index in [0.717, 1.165) is 0 Å². The standard InChI is InChI=1S/C7H5Cl2O.K/c1-10-7-3-2-5(8)4-6(7)9;/h3-4H,1H3;/q-1;+1. The summed E-state index contributed by atoms with van der Waals surface area (Å²) in [6.07, 6.45) is 0. The van der Waals surface area contributed by atoms with Gasteiger partial charge in [0.1, 0.15) is 0 Å². The van der Waals surface area contributed by atoms with E-state index in [1.54, 1.807) is 19.2 Å². The van der Waals surface area contributed by atoms with Gasteiger partial charge in [-0.2, -0.15) is 6.07 Å². The number of hydrogen-bond donors (Lipinski definition) is 0. The van der Waals surface area contributed by atoms with E-state index in [4.69, 9.17) is 27.9 Å². The minimum Gasteiger partial charge on any atom is -0.553 e. The summed E-state index contributed by atoms with van der Waals surface area (Å²) in [6.45, 7) is 0. The van der Waals surface area contributed by atoms with Crippen molar-refractivity contribution in [3.05, 3.63) is 28.2 Å².